The summed E-state index contributed by atoms with van der Waals surface area (Å²) < 4.78 is 0. The molecule has 0 aliphatic heterocycles. The molecule has 0 heterocycles. The molecule has 0 aromatic carbocycles. The van der Waals surface area contributed by atoms with E-state index in [0.717, 1.165) is 0 Å². The monoisotopic (exact) mass is 144 g/mol. The van der Waals surface area contributed by atoms with E-state index in [-0.39, 0.29) is 12.8 Å². The number of carbonyl (C=O) groups excluding carboxylic acids is 2. The van der Waals surface area contributed by atoms with Gasteiger partial charge in [-0.15, -0.1) is 0 Å². The van der Waals surface area contributed by atoms with Crippen molar-refractivity contribution in [3.05, 3.63) is 0 Å². The van der Waals surface area contributed by atoms with Gasteiger partial charge in [-0.25, -0.2) is 0 Å². The maximum atomic E-state index is 10.5. The third-order valence-electron chi connectivity index (χ3n) is 0.889. The molecule has 0 aliphatic rings. The molecule has 0 unspecified atom stereocenters. The maximum absolute atomic E-state index is 10.5. The zero-order valence-electron chi connectivity index (χ0n) is 5.37. The fourth-order valence-electron chi connectivity index (χ4n) is 0.477. The number of carboxylic acid groups (broad SMARTS) is 1. The number of carbonyl (C=O) groups is 3. The average Bonchev–Trinajstić information content (AvgIpc) is 1.82. The van der Waals surface area contributed by atoms with Crippen LogP contribution >= 0.6 is 0 Å². The van der Waals surface area contributed by atoms with Gasteiger partial charge in [0.15, 0.2) is 0 Å². The molecule has 10 heavy (non-hydrogen) atoms. The minimum atomic E-state index is -1.14. The van der Waals surface area contributed by atoms with E-state index in [1.54, 1.807) is 0 Å². The second-order valence-electron chi connectivity index (χ2n) is 1.81. The van der Waals surface area contributed by atoms with E-state index in [2.05, 4.69) is 0 Å². The van der Waals surface area contributed by atoms with Crippen LogP contribution in [0.4, 0.5) is 0 Å². The molecule has 4 heteroatoms. The van der Waals surface area contributed by atoms with E-state index >= 15 is 0 Å². The second-order valence-corrected chi connectivity index (χ2v) is 1.81. The minimum Gasteiger partial charge on any atom is -0.481 e. The predicted molar refractivity (Wildman–Crippen MR) is 32.6 cm³/mol. The Labute approximate surface area is 57.8 Å². The molecule has 4 nitrogen and oxygen atoms in total. The van der Waals surface area contributed by atoms with Crippen molar-refractivity contribution in [2.45, 2.75) is 19.3 Å². The van der Waals surface area contributed by atoms with Crippen molar-refractivity contribution in [2.75, 3.05) is 0 Å². The van der Waals surface area contributed by atoms with Gasteiger partial charge in [0.2, 0.25) is 0 Å². The molecule has 0 aromatic heterocycles. The lowest BCUT2D eigenvalue weighted by Crippen LogP contribution is -2.06. The quantitative estimate of drug-likeness (QED) is 0.435. The Morgan fingerprint density at radius 3 is 2.40 bits per heavy atom. The van der Waals surface area contributed by atoms with Gasteiger partial charge in [0, 0.05) is 12.8 Å². The summed E-state index contributed by atoms with van der Waals surface area (Å²) in [5.41, 5.74) is 0. The van der Waals surface area contributed by atoms with Gasteiger partial charge in [-0.3, -0.25) is 9.59 Å². The summed E-state index contributed by atoms with van der Waals surface area (Å²) >= 11 is 0. The summed E-state index contributed by atoms with van der Waals surface area (Å²) in [6.45, 7) is 0. The average molecular weight is 144 g/mol. The van der Waals surface area contributed by atoms with Crippen LogP contribution in [0.1, 0.15) is 19.3 Å². The summed E-state index contributed by atoms with van der Waals surface area (Å²) in [4.78, 5) is 30.0. The summed E-state index contributed by atoms with van der Waals surface area (Å²) in [6.07, 6.45) is 0.273. The van der Waals surface area contributed by atoms with Crippen molar-refractivity contribution >= 4 is 18.0 Å². The topological polar surface area (TPSA) is 71.4 Å². The third kappa shape index (κ3) is 4.96. The molecule has 0 amide bonds. The molecule has 0 saturated heterocycles. The summed E-state index contributed by atoms with van der Waals surface area (Å²) in [5.74, 6) is -1.55. The number of hydrogen-bond acceptors (Lipinski definition) is 3. The number of aldehydes is 1. The zero-order chi connectivity index (χ0) is 7.98. The highest BCUT2D eigenvalue weighted by Crippen LogP contribution is 1.91. The van der Waals surface area contributed by atoms with Gasteiger partial charge >= 0.3 is 5.97 Å². The molecule has 0 aromatic rings. The highest BCUT2D eigenvalue weighted by Gasteiger charge is 2.05. The van der Waals surface area contributed by atoms with Gasteiger partial charge in [0.1, 0.15) is 18.5 Å². The largest absolute Gasteiger partial charge is 0.481 e. The Bertz CT molecular complexity index is 150. The third-order valence-corrected chi connectivity index (χ3v) is 0.889. The SMILES string of the molecule is O=CCCC(=O)CC(=O)O. The van der Waals surface area contributed by atoms with Gasteiger partial charge in [0.25, 0.3) is 0 Å². The van der Waals surface area contributed by atoms with Gasteiger partial charge in [-0.05, 0) is 0 Å². The van der Waals surface area contributed by atoms with Crippen LogP contribution in [-0.2, 0) is 14.4 Å². The first kappa shape index (κ1) is 8.81. The molecular weight excluding hydrogens is 136 g/mol. The smallest absolute Gasteiger partial charge is 0.310 e. The fraction of sp³-hybridized carbons (Fsp3) is 0.500. The van der Waals surface area contributed by atoms with Crippen molar-refractivity contribution in [2.24, 2.45) is 0 Å². The lowest BCUT2D eigenvalue weighted by Gasteiger charge is -1.90. The van der Waals surface area contributed by atoms with Gasteiger partial charge in [0.05, 0.1) is 0 Å². The van der Waals surface area contributed by atoms with Crippen LogP contribution in [0.2, 0.25) is 0 Å². The Balaban J connectivity index is 3.43. The Morgan fingerprint density at radius 1 is 1.40 bits per heavy atom. The molecule has 1 N–H and O–H groups in total. The van der Waals surface area contributed by atoms with Crippen molar-refractivity contribution in [3.63, 3.8) is 0 Å². The van der Waals surface area contributed by atoms with Gasteiger partial charge in [-0.1, -0.05) is 0 Å². The van der Waals surface area contributed by atoms with Crippen molar-refractivity contribution in [1.29, 1.82) is 0 Å². The Kier molecular flexibility index (Phi) is 4.11. The predicted octanol–water partition coefficient (Wildman–Crippen LogP) is 0.00930. The number of hydrogen-bond donors (Lipinski definition) is 1. The Morgan fingerprint density at radius 2 is 2.00 bits per heavy atom. The van der Waals surface area contributed by atoms with Crippen LogP contribution in [0.3, 0.4) is 0 Å². The number of aliphatic carboxylic acids is 1. The van der Waals surface area contributed by atoms with E-state index in [0.29, 0.717) is 6.29 Å². The lowest BCUT2D eigenvalue weighted by atomic mass is 10.2. The summed E-state index contributed by atoms with van der Waals surface area (Å²) in [7, 11) is 0. The molecule has 56 valence electrons. The van der Waals surface area contributed by atoms with Crippen LogP contribution in [0.15, 0.2) is 0 Å². The van der Waals surface area contributed by atoms with E-state index in [1.807, 2.05) is 0 Å². The van der Waals surface area contributed by atoms with E-state index < -0.39 is 18.2 Å². The summed E-state index contributed by atoms with van der Waals surface area (Å²) in [6, 6.07) is 0. The van der Waals surface area contributed by atoms with E-state index in [1.165, 1.54) is 0 Å². The first-order valence-electron chi connectivity index (χ1n) is 2.84. The van der Waals surface area contributed by atoms with Crippen molar-refractivity contribution < 1.29 is 19.5 Å². The normalized spacial score (nSPS) is 8.80. The molecule has 0 aliphatic carbocycles. The number of rotatable bonds is 5. The van der Waals surface area contributed by atoms with Crippen LogP contribution in [0.5, 0.6) is 0 Å². The van der Waals surface area contributed by atoms with Crippen LogP contribution < -0.4 is 0 Å². The highest BCUT2D eigenvalue weighted by molar-refractivity contribution is 5.95. The first-order valence-corrected chi connectivity index (χ1v) is 2.84. The Hall–Kier alpha value is -1.19. The molecule has 0 spiro atoms. The lowest BCUT2D eigenvalue weighted by molar-refractivity contribution is -0.140. The number of Topliss-reactive ketones (excluding diaryl/α,β-unsaturated/α-hetero) is 1. The molecule has 0 atom stereocenters. The second kappa shape index (κ2) is 4.67. The molecular formula is C6H8O4. The summed E-state index contributed by atoms with van der Waals surface area (Å²) in [5, 5.41) is 8.07. The van der Waals surface area contributed by atoms with Crippen molar-refractivity contribution in [1.82, 2.24) is 0 Å². The van der Waals surface area contributed by atoms with Gasteiger partial charge in [-0.2, -0.15) is 0 Å². The standard InChI is InChI=1S/C6H8O4/c7-3-1-2-5(8)4-6(9)10/h3H,1-2,4H2,(H,9,10). The van der Waals surface area contributed by atoms with Gasteiger partial charge < -0.3 is 9.90 Å². The zero-order valence-corrected chi connectivity index (χ0v) is 5.37. The van der Waals surface area contributed by atoms with E-state index in [9.17, 15) is 14.4 Å². The molecule has 0 radical (unpaired) electrons. The van der Waals surface area contributed by atoms with Crippen LogP contribution in [0.25, 0.3) is 0 Å². The molecule has 0 rings (SSSR count). The maximum Gasteiger partial charge on any atom is 0.310 e. The van der Waals surface area contributed by atoms with Crippen LogP contribution in [0, 0.1) is 0 Å². The van der Waals surface area contributed by atoms with Crippen molar-refractivity contribution in [3.8, 4) is 0 Å². The highest BCUT2D eigenvalue weighted by atomic mass is 16.4. The fourth-order valence-corrected chi connectivity index (χ4v) is 0.477. The first-order chi connectivity index (χ1) is 4.66. The van der Waals surface area contributed by atoms with Crippen LogP contribution in [-0.4, -0.2) is 23.1 Å². The number of carboxylic acids is 1. The molecule has 0 bridgehead atoms. The molecule has 0 saturated carbocycles. The van der Waals surface area contributed by atoms with E-state index in [4.69, 9.17) is 5.11 Å². The minimum absolute atomic E-state index is 0.0375. The number of ketones is 1. The molecule has 0 fully saturated rings.